The van der Waals surface area contributed by atoms with Gasteiger partial charge < -0.3 is 14.6 Å². The lowest BCUT2D eigenvalue weighted by Gasteiger charge is -2.42. The maximum Gasteiger partial charge on any atom is 0.255 e. The van der Waals surface area contributed by atoms with E-state index in [2.05, 4.69) is 22.1 Å². The highest BCUT2D eigenvalue weighted by molar-refractivity contribution is 5.96. The Balaban J connectivity index is 1.37. The van der Waals surface area contributed by atoms with Crippen LogP contribution in [0.25, 0.3) is 11.2 Å². The number of aromatic nitrogens is 3. The van der Waals surface area contributed by atoms with Crippen LogP contribution in [0.15, 0.2) is 42.9 Å². The number of aryl methyl sites for hydroxylation is 1. The molecule has 1 fully saturated rings. The Kier molecular flexibility index (Phi) is 3.59. The van der Waals surface area contributed by atoms with Gasteiger partial charge in [-0.25, -0.2) is 9.97 Å². The lowest BCUT2D eigenvalue weighted by Crippen LogP contribution is -2.49. The number of likely N-dealkylation sites (tertiary alicyclic amines) is 1. The van der Waals surface area contributed by atoms with Crippen molar-refractivity contribution in [1.29, 1.82) is 0 Å². The Morgan fingerprint density at radius 1 is 1.22 bits per heavy atom. The molecule has 0 bridgehead atoms. The SMILES string of the molecule is Cn1cnc2cc(C(=O)N3CCC4(CC3)c3ccccc3C[C@@H]4O)cnc21. The third kappa shape index (κ3) is 2.40. The van der Waals surface area contributed by atoms with Gasteiger partial charge in [0.25, 0.3) is 5.91 Å². The third-order valence-corrected chi connectivity index (χ3v) is 6.35. The molecule has 5 rings (SSSR count). The summed E-state index contributed by atoms with van der Waals surface area (Å²) in [5.74, 6) is -0.00863. The molecule has 3 aromatic rings. The Morgan fingerprint density at radius 3 is 2.81 bits per heavy atom. The number of amides is 1. The minimum atomic E-state index is -0.362. The van der Waals surface area contributed by atoms with Crippen molar-refractivity contribution in [2.75, 3.05) is 13.1 Å². The average Bonchev–Trinajstić information content (AvgIpc) is 3.20. The molecule has 0 saturated carbocycles. The van der Waals surface area contributed by atoms with Crippen LogP contribution in [0.2, 0.25) is 0 Å². The number of imidazole rings is 1. The van der Waals surface area contributed by atoms with Crippen LogP contribution in [-0.4, -0.2) is 49.6 Å². The fraction of sp³-hybridized carbons (Fsp3) is 0.381. The minimum Gasteiger partial charge on any atom is -0.392 e. The predicted molar refractivity (Wildman–Crippen MR) is 101 cm³/mol. The second-order valence-electron chi connectivity index (χ2n) is 7.75. The normalized spacial score (nSPS) is 21.0. The number of pyridine rings is 1. The number of nitrogens with zero attached hydrogens (tertiary/aromatic N) is 4. The van der Waals surface area contributed by atoms with E-state index in [1.54, 1.807) is 12.5 Å². The van der Waals surface area contributed by atoms with Gasteiger partial charge in [0, 0.05) is 31.7 Å². The second kappa shape index (κ2) is 5.89. The van der Waals surface area contributed by atoms with Gasteiger partial charge in [0.2, 0.25) is 0 Å². The van der Waals surface area contributed by atoms with E-state index < -0.39 is 0 Å². The van der Waals surface area contributed by atoms with Crippen molar-refractivity contribution >= 4 is 17.1 Å². The van der Waals surface area contributed by atoms with Crippen LogP contribution in [0.3, 0.4) is 0 Å². The summed E-state index contributed by atoms with van der Waals surface area (Å²) in [5, 5.41) is 10.8. The van der Waals surface area contributed by atoms with Gasteiger partial charge in [0.1, 0.15) is 5.52 Å². The summed E-state index contributed by atoms with van der Waals surface area (Å²) < 4.78 is 1.84. The fourth-order valence-electron chi connectivity index (χ4n) is 4.79. The minimum absolute atomic E-state index is 0.00863. The maximum atomic E-state index is 13.0. The first-order valence-electron chi connectivity index (χ1n) is 9.41. The van der Waals surface area contributed by atoms with Gasteiger partial charge in [-0.3, -0.25) is 4.79 Å². The van der Waals surface area contributed by atoms with Crippen LogP contribution in [0.4, 0.5) is 0 Å². The van der Waals surface area contributed by atoms with Gasteiger partial charge in [-0.05, 0) is 36.5 Å². The van der Waals surface area contributed by atoms with Crippen LogP contribution in [0.1, 0.15) is 34.3 Å². The molecule has 27 heavy (non-hydrogen) atoms. The van der Waals surface area contributed by atoms with Crippen LogP contribution < -0.4 is 0 Å². The monoisotopic (exact) mass is 362 g/mol. The molecule has 0 radical (unpaired) electrons. The van der Waals surface area contributed by atoms with Crippen molar-refractivity contribution in [2.45, 2.75) is 30.8 Å². The molecule has 6 nitrogen and oxygen atoms in total. The Hall–Kier alpha value is -2.73. The Morgan fingerprint density at radius 2 is 2.00 bits per heavy atom. The number of hydrogen-bond donors (Lipinski definition) is 1. The molecule has 2 aliphatic rings. The largest absolute Gasteiger partial charge is 0.392 e. The van der Waals surface area contributed by atoms with Gasteiger partial charge in [-0.15, -0.1) is 0 Å². The third-order valence-electron chi connectivity index (χ3n) is 6.35. The number of piperidine rings is 1. The van der Waals surface area contributed by atoms with E-state index in [1.807, 2.05) is 34.7 Å². The fourth-order valence-corrected chi connectivity index (χ4v) is 4.79. The summed E-state index contributed by atoms with van der Waals surface area (Å²) >= 11 is 0. The Labute approximate surface area is 157 Å². The van der Waals surface area contributed by atoms with E-state index in [1.165, 1.54) is 11.1 Å². The molecule has 1 saturated heterocycles. The molecule has 1 amide bonds. The number of aliphatic hydroxyl groups is 1. The van der Waals surface area contributed by atoms with Crippen LogP contribution >= 0.6 is 0 Å². The van der Waals surface area contributed by atoms with Crippen molar-refractivity contribution in [3.8, 4) is 0 Å². The zero-order valence-electron chi connectivity index (χ0n) is 15.3. The van der Waals surface area contributed by atoms with Gasteiger partial charge in [0.05, 0.1) is 18.0 Å². The molecular weight excluding hydrogens is 340 g/mol. The van der Waals surface area contributed by atoms with Gasteiger partial charge in [0.15, 0.2) is 5.65 Å². The topological polar surface area (TPSA) is 71.2 Å². The number of carbonyl (C=O) groups is 1. The zero-order valence-corrected chi connectivity index (χ0v) is 15.3. The Bertz CT molecular complexity index is 1030. The van der Waals surface area contributed by atoms with Crippen molar-refractivity contribution in [3.05, 3.63) is 59.5 Å². The molecule has 1 N–H and O–H groups in total. The van der Waals surface area contributed by atoms with Crippen molar-refractivity contribution in [3.63, 3.8) is 0 Å². The predicted octanol–water partition coefficient (Wildman–Crippen LogP) is 2.06. The van der Waals surface area contributed by atoms with Gasteiger partial charge in [-0.2, -0.15) is 0 Å². The van der Waals surface area contributed by atoms with Crippen molar-refractivity contribution in [2.24, 2.45) is 7.05 Å². The molecule has 1 aliphatic heterocycles. The number of hydrogen-bond acceptors (Lipinski definition) is 4. The lowest BCUT2D eigenvalue weighted by molar-refractivity contribution is 0.0365. The van der Waals surface area contributed by atoms with Crippen molar-refractivity contribution in [1.82, 2.24) is 19.4 Å². The van der Waals surface area contributed by atoms with E-state index >= 15 is 0 Å². The summed E-state index contributed by atoms with van der Waals surface area (Å²) in [6, 6.07) is 10.1. The maximum absolute atomic E-state index is 13.0. The molecule has 2 aromatic heterocycles. The number of carbonyl (C=O) groups excluding carboxylic acids is 1. The van der Waals surface area contributed by atoms with Crippen molar-refractivity contribution < 1.29 is 9.90 Å². The molecule has 1 aromatic carbocycles. The summed E-state index contributed by atoms with van der Waals surface area (Å²) in [6.45, 7) is 1.29. The summed E-state index contributed by atoms with van der Waals surface area (Å²) in [7, 11) is 1.89. The quantitative estimate of drug-likeness (QED) is 0.719. The molecular formula is C21H22N4O2. The van der Waals surface area contributed by atoms with Gasteiger partial charge in [-0.1, -0.05) is 24.3 Å². The van der Waals surface area contributed by atoms with Gasteiger partial charge >= 0.3 is 0 Å². The number of rotatable bonds is 1. The van der Waals surface area contributed by atoms with E-state index in [-0.39, 0.29) is 17.4 Å². The summed E-state index contributed by atoms with van der Waals surface area (Å²) in [4.78, 5) is 23.5. The first-order chi connectivity index (χ1) is 13.1. The molecule has 1 aliphatic carbocycles. The first kappa shape index (κ1) is 16.4. The van der Waals surface area contributed by atoms with E-state index in [0.717, 1.165) is 24.0 Å². The highest BCUT2D eigenvalue weighted by atomic mass is 16.3. The molecule has 0 unspecified atom stereocenters. The molecule has 6 heteroatoms. The van der Waals surface area contributed by atoms with E-state index in [0.29, 0.717) is 25.1 Å². The number of benzene rings is 1. The smallest absolute Gasteiger partial charge is 0.255 e. The zero-order chi connectivity index (χ0) is 18.6. The molecule has 3 heterocycles. The van der Waals surface area contributed by atoms with Crippen LogP contribution in [-0.2, 0) is 18.9 Å². The highest BCUT2D eigenvalue weighted by Gasteiger charge is 2.48. The highest BCUT2D eigenvalue weighted by Crippen LogP contribution is 2.46. The first-order valence-corrected chi connectivity index (χ1v) is 9.41. The summed E-state index contributed by atoms with van der Waals surface area (Å²) in [5.41, 5.74) is 4.38. The molecule has 1 atom stereocenters. The standard InChI is InChI=1S/C21H22N4O2/c1-24-13-23-17-10-15(12-22-19(17)24)20(27)25-8-6-21(7-9-25)16-5-3-2-4-14(16)11-18(21)26/h2-5,10,12-13,18,26H,6-9,11H2,1H3/t18-/m0/s1. The lowest BCUT2D eigenvalue weighted by atomic mass is 9.72. The van der Waals surface area contributed by atoms with Crippen LogP contribution in [0.5, 0.6) is 0 Å². The van der Waals surface area contributed by atoms with Crippen LogP contribution in [0, 0.1) is 0 Å². The molecule has 1 spiro atoms. The number of aliphatic hydroxyl groups excluding tert-OH is 1. The van der Waals surface area contributed by atoms with E-state index in [9.17, 15) is 9.90 Å². The second-order valence-corrected chi connectivity index (χ2v) is 7.75. The number of fused-ring (bicyclic) bond motifs is 3. The summed E-state index contributed by atoms with van der Waals surface area (Å²) in [6.07, 6.45) is 5.27. The van der Waals surface area contributed by atoms with E-state index in [4.69, 9.17) is 0 Å². The average molecular weight is 362 g/mol. The molecule has 138 valence electrons.